The maximum atomic E-state index is 11.5. The summed E-state index contributed by atoms with van der Waals surface area (Å²) < 4.78 is 6.05. The molecule has 116 valence electrons. The summed E-state index contributed by atoms with van der Waals surface area (Å²) in [5.74, 6) is 0.949. The van der Waals surface area contributed by atoms with Crippen LogP contribution in [-0.2, 0) is 9.53 Å². The number of nitrogens with two attached hydrogens (primary N) is 1. The fourth-order valence-corrected chi connectivity index (χ4v) is 3.50. The van der Waals surface area contributed by atoms with Crippen LogP contribution in [0.5, 0.6) is 0 Å². The lowest BCUT2D eigenvalue weighted by Gasteiger charge is -2.38. The molecular formula is C16H29NO3. The third-order valence-corrected chi connectivity index (χ3v) is 5.20. The highest BCUT2D eigenvalue weighted by Gasteiger charge is 2.49. The van der Waals surface area contributed by atoms with Crippen LogP contribution in [-0.4, -0.2) is 29.3 Å². The molecule has 0 spiro atoms. The number of carbonyl (C=O) groups is 1. The minimum absolute atomic E-state index is 0.0958. The van der Waals surface area contributed by atoms with Crippen LogP contribution in [0.25, 0.3) is 0 Å². The molecule has 0 aliphatic heterocycles. The van der Waals surface area contributed by atoms with E-state index in [0.29, 0.717) is 17.8 Å². The number of ether oxygens (including phenoxy) is 1. The predicted octanol–water partition coefficient (Wildman–Crippen LogP) is 2.66. The molecule has 4 unspecified atom stereocenters. The van der Waals surface area contributed by atoms with E-state index in [4.69, 9.17) is 10.5 Å². The maximum Gasteiger partial charge on any atom is 0.326 e. The topological polar surface area (TPSA) is 72.5 Å². The molecule has 0 aromatic heterocycles. The van der Waals surface area contributed by atoms with E-state index in [0.717, 1.165) is 19.3 Å². The van der Waals surface area contributed by atoms with Crippen LogP contribution in [0.2, 0.25) is 0 Å². The molecule has 0 heterocycles. The molecule has 0 aromatic rings. The average molecular weight is 283 g/mol. The normalized spacial score (nSPS) is 34.0. The van der Waals surface area contributed by atoms with Gasteiger partial charge in [-0.2, -0.15) is 0 Å². The molecule has 2 aliphatic carbocycles. The number of hydrogen-bond acceptors (Lipinski definition) is 3. The Kier molecular flexibility index (Phi) is 4.75. The van der Waals surface area contributed by atoms with Gasteiger partial charge in [0.25, 0.3) is 0 Å². The highest BCUT2D eigenvalue weighted by atomic mass is 16.5. The Morgan fingerprint density at radius 3 is 2.50 bits per heavy atom. The number of aliphatic carboxylic acids is 1. The van der Waals surface area contributed by atoms with Crippen molar-refractivity contribution in [2.45, 2.75) is 64.5 Å². The molecule has 0 aromatic carbocycles. The van der Waals surface area contributed by atoms with Crippen molar-refractivity contribution in [2.75, 3.05) is 6.61 Å². The van der Waals surface area contributed by atoms with Crippen LogP contribution in [0.15, 0.2) is 0 Å². The first-order valence-electron chi connectivity index (χ1n) is 7.98. The van der Waals surface area contributed by atoms with E-state index in [1.54, 1.807) is 0 Å². The Morgan fingerprint density at radius 1 is 1.35 bits per heavy atom. The van der Waals surface area contributed by atoms with Crippen molar-refractivity contribution in [3.63, 3.8) is 0 Å². The van der Waals surface area contributed by atoms with Crippen LogP contribution >= 0.6 is 0 Å². The average Bonchev–Trinajstić information content (AvgIpc) is 3.19. The fraction of sp³-hybridized carbons (Fsp3) is 0.938. The summed E-state index contributed by atoms with van der Waals surface area (Å²) in [6.07, 6.45) is 5.46. The summed E-state index contributed by atoms with van der Waals surface area (Å²) in [5.41, 5.74) is 4.92. The Morgan fingerprint density at radius 2 is 2.00 bits per heavy atom. The quantitative estimate of drug-likeness (QED) is 0.786. The minimum atomic E-state index is -1.18. The summed E-state index contributed by atoms with van der Waals surface area (Å²) >= 11 is 0. The second-order valence-corrected chi connectivity index (χ2v) is 7.30. The molecule has 2 rings (SSSR count). The summed E-state index contributed by atoms with van der Waals surface area (Å²) in [4.78, 5) is 11.5. The monoisotopic (exact) mass is 283 g/mol. The molecule has 2 aliphatic rings. The van der Waals surface area contributed by atoms with Gasteiger partial charge < -0.3 is 15.6 Å². The van der Waals surface area contributed by atoms with E-state index in [2.05, 4.69) is 20.8 Å². The highest BCUT2D eigenvalue weighted by Crippen LogP contribution is 2.40. The van der Waals surface area contributed by atoms with Gasteiger partial charge in [0.2, 0.25) is 0 Å². The number of carboxylic acids is 1. The van der Waals surface area contributed by atoms with Gasteiger partial charge in [0, 0.05) is 0 Å². The zero-order valence-electron chi connectivity index (χ0n) is 13.0. The van der Waals surface area contributed by atoms with Crippen molar-refractivity contribution in [2.24, 2.45) is 29.4 Å². The molecule has 20 heavy (non-hydrogen) atoms. The van der Waals surface area contributed by atoms with E-state index in [1.165, 1.54) is 12.8 Å². The van der Waals surface area contributed by atoms with Gasteiger partial charge in [-0.15, -0.1) is 0 Å². The molecule has 2 fully saturated rings. The van der Waals surface area contributed by atoms with Crippen molar-refractivity contribution in [3.8, 4) is 0 Å². The lowest BCUT2D eigenvalue weighted by Crippen LogP contribution is -2.55. The molecular weight excluding hydrogens is 254 g/mol. The second-order valence-electron chi connectivity index (χ2n) is 7.30. The molecule has 0 radical (unpaired) electrons. The summed E-state index contributed by atoms with van der Waals surface area (Å²) in [5, 5.41) is 9.39. The highest BCUT2D eigenvalue weighted by molar-refractivity contribution is 5.79. The largest absolute Gasteiger partial charge is 0.480 e. The first-order chi connectivity index (χ1) is 9.34. The molecule has 2 saturated carbocycles. The summed E-state index contributed by atoms with van der Waals surface area (Å²) in [7, 11) is 0. The van der Waals surface area contributed by atoms with Crippen molar-refractivity contribution >= 4 is 5.97 Å². The van der Waals surface area contributed by atoms with Crippen molar-refractivity contribution < 1.29 is 14.6 Å². The summed E-state index contributed by atoms with van der Waals surface area (Å²) in [6, 6.07) is 0. The van der Waals surface area contributed by atoms with Gasteiger partial charge in [-0.1, -0.05) is 27.2 Å². The Bertz CT molecular complexity index is 354. The first-order valence-corrected chi connectivity index (χ1v) is 7.98. The standard InChI is InChI=1S/C16H29NO3/c1-10(2)13-7-4-11(3)8-14(13)20-9-16(17,15(18)19)12-5-6-12/h10-14H,4-9,17H2,1-3H3,(H,18,19). The summed E-state index contributed by atoms with van der Waals surface area (Å²) in [6.45, 7) is 6.86. The van der Waals surface area contributed by atoms with Gasteiger partial charge in [0.05, 0.1) is 12.7 Å². The van der Waals surface area contributed by atoms with E-state index >= 15 is 0 Å². The number of rotatable bonds is 6. The van der Waals surface area contributed by atoms with Crippen LogP contribution in [0.4, 0.5) is 0 Å². The lowest BCUT2D eigenvalue weighted by molar-refractivity contribution is -0.150. The van der Waals surface area contributed by atoms with Crippen LogP contribution in [0.3, 0.4) is 0 Å². The number of carboxylic acid groups (broad SMARTS) is 1. The van der Waals surface area contributed by atoms with Gasteiger partial charge >= 0.3 is 5.97 Å². The van der Waals surface area contributed by atoms with Crippen molar-refractivity contribution in [3.05, 3.63) is 0 Å². The van der Waals surface area contributed by atoms with Gasteiger partial charge in [-0.05, 0) is 49.4 Å². The van der Waals surface area contributed by atoms with Gasteiger partial charge in [-0.3, -0.25) is 4.79 Å². The lowest BCUT2D eigenvalue weighted by atomic mass is 9.75. The third-order valence-electron chi connectivity index (χ3n) is 5.20. The molecule has 0 bridgehead atoms. The van der Waals surface area contributed by atoms with Gasteiger partial charge in [0.1, 0.15) is 5.54 Å². The Labute approximate surface area is 122 Å². The molecule has 3 N–H and O–H groups in total. The van der Waals surface area contributed by atoms with Crippen molar-refractivity contribution in [1.82, 2.24) is 0 Å². The maximum absolute atomic E-state index is 11.5. The second kappa shape index (κ2) is 6.02. The van der Waals surface area contributed by atoms with Crippen LogP contribution in [0.1, 0.15) is 52.9 Å². The van der Waals surface area contributed by atoms with Gasteiger partial charge in [-0.25, -0.2) is 0 Å². The van der Waals surface area contributed by atoms with E-state index in [1.807, 2.05) is 0 Å². The molecule has 0 saturated heterocycles. The van der Waals surface area contributed by atoms with Crippen molar-refractivity contribution in [1.29, 1.82) is 0 Å². The van der Waals surface area contributed by atoms with Gasteiger partial charge in [0.15, 0.2) is 0 Å². The van der Waals surface area contributed by atoms with E-state index in [-0.39, 0.29) is 18.6 Å². The molecule has 4 heteroatoms. The molecule has 4 atom stereocenters. The fourth-order valence-electron chi connectivity index (χ4n) is 3.50. The minimum Gasteiger partial charge on any atom is -0.480 e. The first kappa shape index (κ1) is 15.8. The Hall–Kier alpha value is -0.610. The molecule has 4 nitrogen and oxygen atoms in total. The molecule has 0 amide bonds. The predicted molar refractivity (Wildman–Crippen MR) is 78.4 cm³/mol. The Balaban J connectivity index is 1.97. The third kappa shape index (κ3) is 3.34. The zero-order valence-corrected chi connectivity index (χ0v) is 13.0. The van der Waals surface area contributed by atoms with Crippen LogP contribution < -0.4 is 5.73 Å². The number of hydrogen-bond donors (Lipinski definition) is 2. The van der Waals surface area contributed by atoms with Crippen LogP contribution in [0, 0.1) is 23.7 Å². The van der Waals surface area contributed by atoms with E-state index in [9.17, 15) is 9.90 Å². The van der Waals surface area contributed by atoms with E-state index < -0.39 is 11.5 Å². The SMILES string of the molecule is CC1CCC(C(C)C)C(OCC(N)(C(=O)O)C2CC2)C1. The smallest absolute Gasteiger partial charge is 0.326 e. The zero-order chi connectivity index (χ0) is 14.9.